The number of nitrogens with one attached hydrogen (secondary N) is 1. The summed E-state index contributed by atoms with van der Waals surface area (Å²) in [4.78, 5) is 0.534. The van der Waals surface area contributed by atoms with E-state index in [1.807, 2.05) is 30.3 Å². The van der Waals surface area contributed by atoms with E-state index in [-0.39, 0.29) is 5.75 Å². The van der Waals surface area contributed by atoms with Crippen molar-refractivity contribution >= 4 is 9.73 Å². The maximum atomic E-state index is 12.4. The fraction of sp³-hybridized carbons (Fsp3) is 0.143. The molecule has 0 aliphatic rings. The minimum Gasteiger partial charge on any atom is -0.497 e. The number of ether oxygens (including phenoxy) is 1. The third-order valence-corrected chi connectivity index (χ3v) is 4.43. The van der Waals surface area contributed by atoms with Crippen LogP contribution in [-0.2, 0) is 15.5 Å². The Labute approximate surface area is 107 Å². The molecule has 4 heteroatoms. The molecule has 18 heavy (non-hydrogen) atoms. The standard InChI is InChI=1S/C14H15NO2S/c1-17-13-7-9-14(10-8-13)18(15,16)11-12-5-3-2-4-6-12/h2-10,15H,11H2,1H3. The van der Waals surface area contributed by atoms with E-state index in [1.54, 1.807) is 31.4 Å². The van der Waals surface area contributed by atoms with Gasteiger partial charge in [-0.1, -0.05) is 30.3 Å². The number of benzene rings is 2. The Morgan fingerprint density at radius 1 is 1.06 bits per heavy atom. The van der Waals surface area contributed by atoms with Crippen LogP contribution in [0.15, 0.2) is 59.5 Å². The lowest BCUT2D eigenvalue weighted by Gasteiger charge is -2.08. The van der Waals surface area contributed by atoms with Crippen LogP contribution in [0.4, 0.5) is 0 Å². The second-order valence-corrected chi connectivity index (χ2v) is 6.09. The second-order valence-electron chi connectivity index (χ2n) is 3.98. The average molecular weight is 261 g/mol. The summed E-state index contributed by atoms with van der Waals surface area (Å²) in [6.07, 6.45) is 0. The van der Waals surface area contributed by atoms with Gasteiger partial charge < -0.3 is 4.74 Å². The predicted octanol–water partition coefficient (Wildman–Crippen LogP) is 3.30. The highest BCUT2D eigenvalue weighted by atomic mass is 32.2. The summed E-state index contributed by atoms with van der Waals surface area (Å²) in [7, 11) is -1.21. The fourth-order valence-corrected chi connectivity index (χ4v) is 3.09. The van der Waals surface area contributed by atoms with E-state index in [0.29, 0.717) is 10.6 Å². The van der Waals surface area contributed by atoms with E-state index in [0.717, 1.165) is 5.56 Å². The lowest BCUT2D eigenvalue weighted by atomic mass is 10.2. The molecule has 0 spiro atoms. The Morgan fingerprint density at radius 2 is 1.67 bits per heavy atom. The molecule has 94 valence electrons. The van der Waals surface area contributed by atoms with E-state index >= 15 is 0 Å². The van der Waals surface area contributed by atoms with Gasteiger partial charge in [0.15, 0.2) is 0 Å². The van der Waals surface area contributed by atoms with Gasteiger partial charge in [0.1, 0.15) is 5.75 Å². The van der Waals surface area contributed by atoms with Crippen molar-refractivity contribution in [3.63, 3.8) is 0 Å². The minimum atomic E-state index is -2.79. The van der Waals surface area contributed by atoms with Crippen LogP contribution < -0.4 is 4.74 Å². The van der Waals surface area contributed by atoms with Gasteiger partial charge in [0.05, 0.1) is 22.6 Å². The van der Waals surface area contributed by atoms with E-state index in [9.17, 15) is 4.21 Å². The smallest absolute Gasteiger partial charge is 0.118 e. The molecule has 0 aromatic heterocycles. The van der Waals surface area contributed by atoms with Gasteiger partial charge in [-0.15, -0.1) is 0 Å². The first kappa shape index (κ1) is 12.6. The molecule has 0 saturated heterocycles. The van der Waals surface area contributed by atoms with Gasteiger partial charge in [-0.25, -0.2) is 8.99 Å². The van der Waals surface area contributed by atoms with Crippen LogP contribution in [0.25, 0.3) is 0 Å². The first-order valence-electron chi connectivity index (χ1n) is 5.56. The molecular weight excluding hydrogens is 246 g/mol. The van der Waals surface area contributed by atoms with Crippen molar-refractivity contribution in [1.82, 2.24) is 0 Å². The molecule has 0 aliphatic heterocycles. The molecule has 0 fully saturated rings. The SMILES string of the molecule is COc1ccc(S(=N)(=O)Cc2ccccc2)cc1. The maximum Gasteiger partial charge on any atom is 0.118 e. The molecule has 2 aromatic rings. The van der Waals surface area contributed by atoms with Crippen LogP contribution in [0.5, 0.6) is 5.75 Å². The zero-order valence-corrected chi connectivity index (χ0v) is 10.9. The Kier molecular flexibility index (Phi) is 3.67. The normalized spacial score (nSPS) is 13.8. The Balaban J connectivity index is 2.25. The van der Waals surface area contributed by atoms with E-state index in [2.05, 4.69) is 0 Å². The van der Waals surface area contributed by atoms with Crippen LogP contribution in [-0.4, -0.2) is 11.3 Å². The van der Waals surface area contributed by atoms with Crippen molar-refractivity contribution in [2.24, 2.45) is 0 Å². The first-order chi connectivity index (χ1) is 8.62. The molecule has 1 atom stereocenters. The molecule has 0 bridgehead atoms. The summed E-state index contributed by atoms with van der Waals surface area (Å²) in [6.45, 7) is 0. The summed E-state index contributed by atoms with van der Waals surface area (Å²) in [5.41, 5.74) is 0.910. The molecule has 3 nitrogen and oxygen atoms in total. The van der Waals surface area contributed by atoms with Crippen molar-refractivity contribution < 1.29 is 8.95 Å². The molecule has 1 unspecified atom stereocenters. The van der Waals surface area contributed by atoms with E-state index in [1.165, 1.54) is 0 Å². The van der Waals surface area contributed by atoms with Crippen LogP contribution in [0.1, 0.15) is 5.56 Å². The van der Waals surface area contributed by atoms with Crippen LogP contribution in [0, 0.1) is 4.78 Å². The zero-order valence-electron chi connectivity index (χ0n) is 10.1. The Morgan fingerprint density at radius 3 is 2.22 bits per heavy atom. The minimum absolute atomic E-state index is 0.236. The molecule has 2 aromatic carbocycles. The monoisotopic (exact) mass is 261 g/mol. The van der Waals surface area contributed by atoms with E-state index < -0.39 is 9.73 Å². The highest BCUT2D eigenvalue weighted by Crippen LogP contribution is 2.20. The van der Waals surface area contributed by atoms with E-state index in [4.69, 9.17) is 9.52 Å². The lowest BCUT2D eigenvalue weighted by Crippen LogP contribution is -2.02. The molecule has 0 radical (unpaired) electrons. The summed E-state index contributed by atoms with van der Waals surface area (Å²) in [6, 6.07) is 16.3. The van der Waals surface area contributed by atoms with Crippen molar-refractivity contribution in [1.29, 1.82) is 4.78 Å². The molecule has 0 saturated carbocycles. The quantitative estimate of drug-likeness (QED) is 0.918. The largest absolute Gasteiger partial charge is 0.497 e. The van der Waals surface area contributed by atoms with Gasteiger partial charge in [-0.3, -0.25) is 0 Å². The third kappa shape index (κ3) is 2.90. The summed E-state index contributed by atoms with van der Waals surface area (Å²) >= 11 is 0. The molecule has 1 N–H and O–H groups in total. The Bertz CT molecular complexity index is 604. The van der Waals surface area contributed by atoms with Gasteiger partial charge in [0.2, 0.25) is 0 Å². The van der Waals surface area contributed by atoms with Gasteiger partial charge in [0.25, 0.3) is 0 Å². The molecule has 0 heterocycles. The predicted molar refractivity (Wildman–Crippen MR) is 72.3 cm³/mol. The van der Waals surface area contributed by atoms with Crippen molar-refractivity contribution in [3.8, 4) is 5.75 Å². The maximum absolute atomic E-state index is 12.4. The molecule has 2 rings (SSSR count). The first-order valence-corrected chi connectivity index (χ1v) is 7.29. The average Bonchev–Trinajstić information content (AvgIpc) is 2.39. The number of hydrogen-bond donors (Lipinski definition) is 1. The highest BCUT2D eigenvalue weighted by molar-refractivity contribution is 7.91. The Hall–Kier alpha value is -1.81. The summed E-state index contributed by atoms with van der Waals surface area (Å²) in [5.74, 6) is 0.939. The topological polar surface area (TPSA) is 50.1 Å². The fourth-order valence-electron chi connectivity index (χ4n) is 1.69. The van der Waals surface area contributed by atoms with Gasteiger partial charge in [-0.2, -0.15) is 0 Å². The van der Waals surface area contributed by atoms with Crippen LogP contribution in [0.3, 0.4) is 0 Å². The highest BCUT2D eigenvalue weighted by Gasteiger charge is 2.11. The number of methoxy groups -OCH3 is 1. The lowest BCUT2D eigenvalue weighted by molar-refractivity contribution is 0.414. The van der Waals surface area contributed by atoms with Crippen LogP contribution >= 0.6 is 0 Å². The van der Waals surface area contributed by atoms with Gasteiger partial charge in [0, 0.05) is 4.90 Å². The zero-order chi connectivity index (χ0) is 13.0. The van der Waals surface area contributed by atoms with Crippen molar-refractivity contribution in [2.45, 2.75) is 10.6 Å². The van der Waals surface area contributed by atoms with Gasteiger partial charge in [-0.05, 0) is 29.8 Å². The second kappa shape index (κ2) is 5.23. The van der Waals surface area contributed by atoms with Crippen molar-refractivity contribution in [3.05, 3.63) is 60.2 Å². The third-order valence-electron chi connectivity index (χ3n) is 2.65. The van der Waals surface area contributed by atoms with Gasteiger partial charge >= 0.3 is 0 Å². The molecule has 0 aliphatic carbocycles. The summed E-state index contributed by atoms with van der Waals surface area (Å²) in [5, 5.41) is 0. The molecule has 0 amide bonds. The van der Waals surface area contributed by atoms with Crippen molar-refractivity contribution in [2.75, 3.05) is 7.11 Å². The number of hydrogen-bond acceptors (Lipinski definition) is 3. The molecular formula is C14H15NO2S. The summed E-state index contributed by atoms with van der Waals surface area (Å²) < 4.78 is 25.4. The number of rotatable bonds is 4. The van der Waals surface area contributed by atoms with Crippen LogP contribution in [0.2, 0.25) is 0 Å².